The molecule has 1 atom stereocenters. The van der Waals surface area contributed by atoms with Crippen LogP contribution in [-0.2, 0) is 0 Å². The van der Waals surface area contributed by atoms with Crippen LogP contribution in [0, 0.1) is 11.3 Å². The average Bonchev–Trinajstić information content (AvgIpc) is 2.91. The molecule has 96 valence electrons. The molecule has 5 nitrogen and oxygen atoms in total. The van der Waals surface area contributed by atoms with Crippen molar-refractivity contribution in [1.82, 2.24) is 15.5 Å². The number of nitriles is 1. The molecule has 2 rings (SSSR count). The van der Waals surface area contributed by atoms with Crippen molar-refractivity contribution < 1.29 is 0 Å². The number of hydrogen-bond donors (Lipinski definition) is 1. The van der Waals surface area contributed by atoms with E-state index in [4.69, 9.17) is 5.26 Å². The largest absolute Gasteiger partial charge is 0.352 e. The first-order chi connectivity index (χ1) is 8.85. The maximum atomic E-state index is 9.14. The van der Waals surface area contributed by atoms with Gasteiger partial charge in [-0.15, -0.1) is 5.10 Å². The van der Waals surface area contributed by atoms with E-state index in [-0.39, 0.29) is 0 Å². The van der Waals surface area contributed by atoms with E-state index >= 15 is 0 Å². The number of hydrogen-bond acceptors (Lipinski definition) is 5. The minimum atomic E-state index is 0.505. The molecule has 1 N–H and O–H groups in total. The lowest BCUT2D eigenvalue weighted by Crippen LogP contribution is -2.39. The Bertz CT molecular complexity index is 420. The maximum absolute atomic E-state index is 9.14. The molecule has 5 heteroatoms. The lowest BCUT2D eigenvalue weighted by atomic mass is 10.2. The summed E-state index contributed by atoms with van der Waals surface area (Å²) in [5, 5.41) is 20.7. The van der Waals surface area contributed by atoms with Gasteiger partial charge in [0.1, 0.15) is 6.07 Å². The van der Waals surface area contributed by atoms with Gasteiger partial charge in [-0.25, -0.2) is 0 Å². The van der Waals surface area contributed by atoms with Crippen molar-refractivity contribution >= 4 is 5.82 Å². The first kappa shape index (κ1) is 12.8. The van der Waals surface area contributed by atoms with Gasteiger partial charge < -0.3 is 10.2 Å². The van der Waals surface area contributed by atoms with Crippen LogP contribution in [0.15, 0.2) is 12.3 Å². The number of nitrogens with one attached hydrogen (secondary N) is 1. The molecule has 18 heavy (non-hydrogen) atoms. The second-order valence-corrected chi connectivity index (χ2v) is 4.62. The molecule has 0 saturated carbocycles. The Balaban J connectivity index is 2.15. The summed E-state index contributed by atoms with van der Waals surface area (Å²) in [5.41, 5.74) is 0.608. The summed E-state index contributed by atoms with van der Waals surface area (Å²) in [6.07, 6.45) is 5.03. The van der Waals surface area contributed by atoms with E-state index in [2.05, 4.69) is 33.4 Å². The molecule has 0 aliphatic carbocycles. The summed E-state index contributed by atoms with van der Waals surface area (Å²) in [5.74, 6) is 0.718. The van der Waals surface area contributed by atoms with Gasteiger partial charge in [-0.1, -0.05) is 6.92 Å². The van der Waals surface area contributed by atoms with E-state index in [1.807, 2.05) is 0 Å². The molecular weight excluding hydrogens is 226 g/mol. The Labute approximate surface area is 108 Å². The molecule has 1 unspecified atom stereocenters. The van der Waals surface area contributed by atoms with Crippen LogP contribution < -0.4 is 10.2 Å². The third-order valence-electron chi connectivity index (χ3n) is 3.22. The quantitative estimate of drug-likeness (QED) is 0.847. The molecule has 0 amide bonds. The summed E-state index contributed by atoms with van der Waals surface area (Å²) in [6, 6.07) is 4.43. The van der Waals surface area contributed by atoms with Gasteiger partial charge in [-0.3, -0.25) is 0 Å². The zero-order valence-electron chi connectivity index (χ0n) is 10.8. The SMILES string of the molecule is CCCN(CC1CCCN1)c1nnccc1C#N. The Morgan fingerprint density at radius 2 is 2.50 bits per heavy atom. The topological polar surface area (TPSA) is 64.8 Å². The fraction of sp³-hybridized carbons (Fsp3) is 0.615. The predicted molar refractivity (Wildman–Crippen MR) is 70.3 cm³/mol. The van der Waals surface area contributed by atoms with Crippen LogP contribution >= 0.6 is 0 Å². The van der Waals surface area contributed by atoms with Crippen molar-refractivity contribution in [2.24, 2.45) is 0 Å². The standard InChI is InChI=1S/C13H19N5/c1-2-8-18(10-12-4-3-6-15-12)13-11(9-14)5-7-16-17-13/h5,7,12,15H,2-4,6,8,10H2,1H3. The smallest absolute Gasteiger partial charge is 0.169 e. The van der Waals surface area contributed by atoms with E-state index in [0.717, 1.165) is 31.9 Å². The van der Waals surface area contributed by atoms with Gasteiger partial charge >= 0.3 is 0 Å². The zero-order chi connectivity index (χ0) is 12.8. The van der Waals surface area contributed by atoms with Crippen molar-refractivity contribution in [2.75, 3.05) is 24.5 Å². The highest BCUT2D eigenvalue weighted by Gasteiger charge is 2.20. The second kappa shape index (κ2) is 6.31. The molecule has 1 aromatic heterocycles. The molecule has 1 aromatic rings. The van der Waals surface area contributed by atoms with E-state index in [1.54, 1.807) is 12.3 Å². The molecule has 1 aliphatic rings. The summed E-state index contributed by atoms with van der Waals surface area (Å²) < 4.78 is 0. The third kappa shape index (κ3) is 2.96. The van der Waals surface area contributed by atoms with Crippen LogP contribution in [0.4, 0.5) is 5.82 Å². The molecule has 0 spiro atoms. The predicted octanol–water partition coefficient (Wildman–Crippen LogP) is 1.32. The Kier molecular flexibility index (Phi) is 4.48. The average molecular weight is 245 g/mol. The highest BCUT2D eigenvalue weighted by molar-refractivity contribution is 5.52. The maximum Gasteiger partial charge on any atom is 0.169 e. The van der Waals surface area contributed by atoms with Gasteiger partial charge in [-0.2, -0.15) is 10.4 Å². The van der Waals surface area contributed by atoms with Crippen molar-refractivity contribution in [3.05, 3.63) is 17.8 Å². The van der Waals surface area contributed by atoms with Crippen LogP contribution in [0.3, 0.4) is 0 Å². The molecule has 2 heterocycles. The molecule has 0 aromatic carbocycles. The Hall–Kier alpha value is -1.67. The van der Waals surface area contributed by atoms with Gasteiger partial charge in [-0.05, 0) is 31.9 Å². The van der Waals surface area contributed by atoms with Crippen molar-refractivity contribution in [2.45, 2.75) is 32.2 Å². The van der Waals surface area contributed by atoms with Gasteiger partial charge in [0.05, 0.1) is 11.8 Å². The van der Waals surface area contributed by atoms with E-state index in [9.17, 15) is 0 Å². The zero-order valence-corrected chi connectivity index (χ0v) is 10.8. The monoisotopic (exact) mass is 245 g/mol. The van der Waals surface area contributed by atoms with Crippen LogP contribution in [0.2, 0.25) is 0 Å². The minimum absolute atomic E-state index is 0.505. The normalized spacial score (nSPS) is 18.6. The fourth-order valence-electron chi connectivity index (χ4n) is 2.38. The van der Waals surface area contributed by atoms with Crippen molar-refractivity contribution in [3.8, 4) is 6.07 Å². The highest BCUT2D eigenvalue weighted by atomic mass is 15.3. The van der Waals surface area contributed by atoms with Gasteiger partial charge in [0.15, 0.2) is 5.82 Å². The minimum Gasteiger partial charge on any atom is -0.352 e. The molecule has 1 fully saturated rings. The first-order valence-corrected chi connectivity index (χ1v) is 6.55. The Morgan fingerprint density at radius 1 is 1.61 bits per heavy atom. The Morgan fingerprint density at radius 3 is 3.17 bits per heavy atom. The third-order valence-corrected chi connectivity index (χ3v) is 3.22. The molecular formula is C13H19N5. The summed E-state index contributed by atoms with van der Waals surface area (Å²) in [7, 11) is 0. The van der Waals surface area contributed by atoms with E-state index in [1.165, 1.54) is 12.8 Å². The summed E-state index contributed by atoms with van der Waals surface area (Å²) in [4.78, 5) is 2.18. The molecule has 1 aliphatic heterocycles. The summed E-state index contributed by atoms with van der Waals surface area (Å²) >= 11 is 0. The molecule has 0 radical (unpaired) electrons. The van der Waals surface area contributed by atoms with E-state index in [0.29, 0.717) is 11.6 Å². The van der Waals surface area contributed by atoms with Crippen LogP contribution in [-0.4, -0.2) is 35.9 Å². The number of nitrogens with zero attached hydrogens (tertiary/aromatic N) is 4. The van der Waals surface area contributed by atoms with Crippen LogP contribution in [0.5, 0.6) is 0 Å². The highest BCUT2D eigenvalue weighted by Crippen LogP contribution is 2.17. The lowest BCUT2D eigenvalue weighted by molar-refractivity contribution is 0.573. The van der Waals surface area contributed by atoms with Gasteiger partial charge in [0, 0.05) is 19.1 Å². The van der Waals surface area contributed by atoms with Crippen molar-refractivity contribution in [3.63, 3.8) is 0 Å². The van der Waals surface area contributed by atoms with E-state index < -0.39 is 0 Å². The van der Waals surface area contributed by atoms with Gasteiger partial charge in [0.2, 0.25) is 0 Å². The number of aromatic nitrogens is 2. The van der Waals surface area contributed by atoms with Crippen molar-refractivity contribution in [1.29, 1.82) is 5.26 Å². The van der Waals surface area contributed by atoms with Crippen LogP contribution in [0.1, 0.15) is 31.7 Å². The van der Waals surface area contributed by atoms with Gasteiger partial charge in [0.25, 0.3) is 0 Å². The number of anilines is 1. The molecule has 1 saturated heterocycles. The number of rotatable bonds is 5. The lowest BCUT2D eigenvalue weighted by Gasteiger charge is -2.26. The van der Waals surface area contributed by atoms with Crippen LogP contribution in [0.25, 0.3) is 0 Å². The fourth-order valence-corrected chi connectivity index (χ4v) is 2.38. The second-order valence-electron chi connectivity index (χ2n) is 4.62. The molecule has 0 bridgehead atoms. The summed E-state index contributed by atoms with van der Waals surface area (Å²) in [6.45, 7) is 5.04. The first-order valence-electron chi connectivity index (χ1n) is 6.55.